The molecule has 5 heteroatoms. The number of aliphatic imine (C=N–C) groups is 1. The molecule has 0 spiro atoms. The Morgan fingerprint density at radius 3 is 2.95 bits per heavy atom. The summed E-state index contributed by atoms with van der Waals surface area (Å²) in [6.07, 6.45) is 4.41. The molecule has 2 N–H and O–H groups in total. The molecule has 0 radical (unpaired) electrons. The molecule has 1 atom stereocenters. The normalized spacial score (nSPS) is 20.2. The summed E-state index contributed by atoms with van der Waals surface area (Å²) in [7, 11) is 1.81. The van der Waals surface area contributed by atoms with Crippen molar-refractivity contribution in [3.63, 3.8) is 0 Å². The second-order valence-corrected chi connectivity index (χ2v) is 6.22. The largest absolute Gasteiger partial charge is 0.356 e. The zero-order chi connectivity index (χ0) is 15.8. The Morgan fingerprint density at radius 2 is 2.27 bits per heavy atom. The smallest absolute Gasteiger partial charge is 0.191 e. The molecular weight excluding hydrogens is 274 g/mol. The number of pyridine rings is 1. The lowest BCUT2D eigenvalue weighted by Gasteiger charge is -2.35. The molecule has 0 amide bonds. The van der Waals surface area contributed by atoms with Crippen molar-refractivity contribution < 1.29 is 0 Å². The van der Waals surface area contributed by atoms with E-state index >= 15 is 0 Å². The van der Waals surface area contributed by atoms with Crippen molar-refractivity contribution in [1.82, 2.24) is 20.5 Å². The maximum Gasteiger partial charge on any atom is 0.191 e. The van der Waals surface area contributed by atoms with Crippen LogP contribution in [0.25, 0.3) is 0 Å². The van der Waals surface area contributed by atoms with Gasteiger partial charge in [0.15, 0.2) is 5.96 Å². The third kappa shape index (κ3) is 5.30. The van der Waals surface area contributed by atoms with Crippen LogP contribution in [0.15, 0.2) is 29.4 Å². The van der Waals surface area contributed by atoms with Crippen LogP contribution in [-0.4, -0.2) is 48.6 Å². The Balaban J connectivity index is 1.74. The van der Waals surface area contributed by atoms with Crippen molar-refractivity contribution in [2.45, 2.75) is 39.3 Å². The summed E-state index contributed by atoms with van der Waals surface area (Å²) >= 11 is 0. The fourth-order valence-corrected chi connectivity index (χ4v) is 2.87. The first-order valence-corrected chi connectivity index (χ1v) is 8.27. The van der Waals surface area contributed by atoms with Crippen LogP contribution in [0, 0.1) is 5.92 Å². The van der Waals surface area contributed by atoms with E-state index in [9.17, 15) is 0 Å². The predicted octanol–water partition coefficient (Wildman–Crippen LogP) is 1.87. The van der Waals surface area contributed by atoms with E-state index in [-0.39, 0.29) is 0 Å². The molecule has 0 aromatic carbocycles. The van der Waals surface area contributed by atoms with Crippen molar-refractivity contribution in [3.05, 3.63) is 30.1 Å². The van der Waals surface area contributed by atoms with Crippen molar-refractivity contribution in [2.24, 2.45) is 10.9 Å². The number of aromatic nitrogens is 1. The highest BCUT2D eigenvalue weighted by Gasteiger charge is 2.21. The molecule has 1 unspecified atom stereocenters. The van der Waals surface area contributed by atoms with Gasteiger partial charge < -0.3 is 15.5 Å². The van der Waals surface area contributed by atoms with E-state index in [1.54, 1.807) is 0 Å². The van der Waals surface area contributed by atoms with Gasteiger partial charge in [-0.1, -0.05) is 6.07 Å². The van der Waals surface area contributed by atoms with Gasteiger partial charge in [-0.3, -0.25) is 9.98 Å². The first-order chi connectivity index (χ1) is 10.7. The molecule has 1 aliphatic rings. The molecule has 1 aromatic heterocycles. The molecule has 22 heavy (non-hydrogen) atoms. The zero-order valence-electron chi connectivity index (χ0n) is 14.0. The van der Waals surface area contributed by atoms with Gasteiger partial charge in [0, 0.05) is 32.4 Å². The van der Waals surface area contributed by atoms with E-state index < -0.39 is 0 Å². The molecule has 2 rings (SSSR count). The number of likely N-dealkylation sites (tertiary alicyclic amines) is 1. The van der Waals surface area contributed by atoms with Gasteiger partial charge in [0.1, 0.15) is 0 Å². The zero-order valence-corrected chi connectivity index (χ0v) is 14.0. The van der Waals surface area contributed by atoms with Crippen LogP contribution in [0.1, 0.15) is 32.4 Å². The van der Waals surface area contributed by atoms with Gasteiger partial charge in [-0.05, 0) is 51.3 Å². The van der Waals surface area contributed by atoms with Gasteiger partial charge in [-0.2, -0.15) is 0 Å². The van der Waals surface area contributed by atoms with Gasteiger partial charge in [0.25, 0.3) is 0 Å². The fourth-order valence-electron chi connectivity index (χ4n) is 2.87. The Labute approximate surface area is 134 Å². The highest BCUT2D eigenvalue weighted by atomic mass is 15.2. The third-order valence-electron chi connectivity index (χ3n) is 4.23. The summed E-state index contributed by atoms with van der Waals surface area (Å²) in [5.74, 6) is 1.55. The van der Waals surface area contributed by atoms with Gasteiger partial charge in [0.2, 0.25) is 0 Å². The predicted molar refractivity (Wildman–Crippen MR) is 91.9 cm³/mol. The van der Waals surface area contributed by atoms with Crippen LogP contribution in [0.3, 0.4) is 0 Å². The van der Waals surface area contributed by atoms with Crippen molar-refractivity contribution in [3.8, 4) is 0 Å². The monoisotopic (exact) mass is 303 g/mol. The Bertz CT molecular complexity index is 457. The molecule has 0 saturated carbocycles. The molecule has 0 bridgehead atoms. The van der Waals surface area contributed by atoms with E-state index in [0.29, 0.717) is 18.5 Å². The van der Waals surface area contributed by atoms with E-state index in [4.69, 9.17) is 0 Å². The highest BCUT2D eigenvalue weighted by Crippen LogP contribution is 2.17. The summed E-state index contributed by atoms with van der Waals surface area (Å²) in [5.41, 5.74) is 1.02. The number of piperidine rings is 1. The third-order valence-corrected chi connectivity index (χ3v) is 4.23. The summed E-state index contributed by atoms with van der Waals surface area (Å²) in [5, 5.41) is 6.78. The minimum Gasteiger partial charge on any atom is -0.356 e. The average Bonchev–Trinajstić information content (AvgIpc) is 2.56. The van der Waals surface area contributed by atoms with E-state index in [1.807, 2.05) is 31.4 Å². The van der Waals surface area contributed by atoms with Crippen LogP contribution in [-0.2, 0) is 6.54 Å². The Morgan fingerprint density at radius 1 is 1.41 bits per heavy atom. The minimum absolute atomic E-state index is 0.643. The number of hydrogen-bond donors (Lipinski definition) is 2. The lowest BCUT2D eigenvalue weighted by atomic mass is 9.97. The quantitative estimate of drug-likeness (QED) is 0.644. The average molecular weight is 303 g/mol. The molecule has 1 aromatic rings. The van der Waals surface area contributed by atoms with E-state index in [0.717, 1.165) is 18.2 Å². The number of hydrogen-bond acceptors (Lipinski definition) is 3. The summed E-state index contributed by atoms with van der Waals surface area (Å²) in [4.78, 5) is 11.2. The minimum atomic E-state index is 0.643. The highest BCUT2D eigenvalue weighted by molar-refractivity contribution is 5.79. The van der Waals surface area contributed by atoms with E-state index in [1.165, 1.54) is 25.9 Å². The fraction of sp³-hybridized carbons (Fsp3) is 0.647. The lowest BCUT2D eigenvalue weighted by molar-refractivity contribution is 0.141. The summed E-state index contributed by atoms with van der Waals surface area (Å²) in [6, 6.07) is 6.59. The number of rotatable bonds is 5. The van der Waals surface area contributed by atoms with Crippen molar-refractivity contribution >= 4 is 5.96 Å². The molecule has 5 nitrogen and oxygen atoms in total. The van der Waals surface area contributed by atoms with Crippen LogP contribution in [0.2, 0.25) is 0 Å². The van der Waals surface area contributed by atoms with Gasteiger partial charge >= 0.3 is 0 Å². The first-order valence-electron chi connectivity index (χ1n) is 8.27. The number of nitrogens with one attached hydrogen (secondary N) is 2. The van der Waals surface area contributed by atoms with E-state index in [2.05, 4.69) is 39.4 Å². The number of guanidine groups is 1. The van der Waals surface area contributed by atoms with Gasteiger partial charge in [-0.25, -0.2) is 0 Å². The van der Waals surface area contributed by atoms with Crippen LogP contribution >= 0.6 is 0 Å². The second kappa shape index (κ2) is 8.73. The van der Waals surface area contributed by atoms with Crippen LogP contribution < -0.4 is 10.6 Å². The van der Waals surface area contributed by atoms with Crippen LogP contribution in [0.4, 0.5) is 0 Å². The topological polar surface area (TPSA) is 52.6 Å². The molecule has 1 fully saturated rings. The van der Waals surface area contributed by atoms with Crippen molar-refractivity contribution in [1.29, 1.82) is 0 Å². The molecular formula is C17H29N5. The molecule has 2 heterocycles. The second-order valence-electron chi connectivity index (χ2n) is 6.22. The number of nitrogens with zero attached hydrogens (tertiary/aromatic N) is 3. The molecule has 1 aliphatic heterocycles. The summed E-state index contributed by atoms with van der Waals surface area (Å²) < 4.78 is 0. The van der Waals surface area contributed by atoms with Crippen LogP contribution in [0.5, 0.6) is 0 Å². The molecule has 0 aliphatic carbocycles. The maximum atomic E-state index is 4.31. The lowest BCUT2D eigenvalue weighted by Crippen LogP contribution is -2.46. The SMILES string of the molecule is CN=C(NCc1ccccn1)NCC1CCCN(C(C)C)C1. The first kappa shape index (κ1) is 16.7. The Kier molecular flexibility index (Phi) is 6.65. The van der Waals surface area contributed by atoms with Gasteiger partial charge in [0.05, 0.1) is 12.2 Å². The molecule has 1 saturated heterocycles. The standard InChI is InChI=1S/C17H29N5/c1-14(2)22-10-6-7-15(13-22)11-20-17(18-3)21-12-16-8-4-5-9-19-16/h4-5,8-9,14-15H,6-7,10-13H2,1-3H3,(H2,18,20,21). The molecule has 122 valence electrons. The van der Waals surface area contributed by atoms with Gasteiger partial charge in [-0.15, -0.1) is 0 Å². The van der Waals surface area contributed by atoms with Crippen molar-refractivity contribution in [2.75, 3.05) is 26.7 Å². The summed E-state index contributed by atoms with van der Waals surface area (Å²) in [6.45, 7) is 8.66. The Hall–Kier alpha value is -1.62. The maximum absolute atomic E-state index is 4.31.